The van der Waals surface area contributed by atoms with Gasteiger partial charge in [0, 0.05) is 18.9 Å². The molecule has 0 atom stereocenters. The van der Waals surface area contributed by atoms with Gasteiger partial charge in [-0.3, -0.25) is 9.59 Å². The van der Waals surface area contributed by atoms with E-state index in [9.17, 15) is 19.8 Å². The monoisotopic (exact) mass is 222 g/mol. The molecule has 0 aromatic heterocycles. The zero-order valence-corrected chi connectivity index (χ0v) is 9.28. The molecule has 1 rings (SSSR count). The lowest BCUT2D eigenvalue weighted by Crippen LogP contribution is -2.03. The molecule has 0 radical (unpaired) electrons. The molecular weight excluding hydrogens is 208 g/mol. The summed E-state index contributed by atoms with van der Waals surface area (Å²) in [5, 5.41) is 19.0. The van der Waals surface area contributed by atoms with E-state index in [0.717, 1.165) is 6.07 Å². The summed E-state index contributed by atoms with van der Waals surface area (Å²) in [6.45, 7) is 3.33. The highest BCUT2D eigenvalue weighted by molar-refractivity contribution is 6.04. The van der Waals surface area contributed by atoms with Gasteiger partial charge in [0.25, 0.3) is 0 Å². The van der Waals surface area contributed by atoms with E-state index in [-0.39, 0.29) is 47.0 Å². The SMILES string of the molecule is CCC(=O)c1cc(C(=O)CC)c(O)cc1O. The topological polar surface area (TPSA) is 74.6 Å². The van der Waals surface area contributed by atoms with E-state index in [4.69, 9.17) is 0 Å². The molecule has 1 aromatic rings. The molecular formula is C12H14O4. The third-order valence-corrected chi connectivity index (χ3v) is 2.36. The average molecular weight is 222 g/mol. The number of rotatable bonds is 4. The van der Waals surface area contributed by atoms with Crippen molar-refractivity contribution in [2.45, 2.75) is 26.7 Å². The molecule has 0 aliphatic rings. The Morgan fingerprint density at radius 1 is 0.938 bits per heavy atom. The largest absolute Gasteiger partial charge is 0.507 e. The molecule has 0 saturated carbocycles. The Morgan fingerprint density at radius 2 is 1.31 bits per heavy atom. The van der Waals surface area contributed by atoms with E-state index in [0.29, 0.717) is 0 Å². The molecule has 16 heavy (non-hydrogen) atoms. The van der Waals surface area contributed by atoms with E-state index < -0.39 is 0 Å². The predicted octanol–water partition coefficient (Wildman–Crippen LogP) is 2.28. The Bertz CT molecular complexity index is 398. The van der Waals surface area contributed by atoms with E-state index in [2.05, 4.69) is 0 Å². The van der Waals surface area contributed by atoms with Crippen LogP contribution in [0.2, 0.25) is 0 Å². The quantitative estimate of drug-likeness (QED) is 0.766. The van der Waals surface area contributed by atoms with Crippen LogP contribution in [0.1, 0.15) is 47.4 Å². The van der Waals surface area contributed by atoms with Gasteiger partial charge < -0.3 is 10.2 Å². The lowest BCUT2D eigenvalue weighted by molar-refractivity contribution is 0.0985. The van der Waals surface area contributed by atoms with Crippen molar-refractivity contribution in [3.63, 3.8) is 0 Å². The third kappa shape index (κ3) is 2.21. The van der Waals surface area contributed by atoms with Crippen LogP contribution >= 0.6 is 0 Å². The van der Waals surface area contributed by atoms with E-state index in [1.54, 1.807) is 13.8 Å². The Kier molecular flexibility index (Phi) is 3.66. The summed E-state index contributed by atoms with van der Waals surface area (Å²) in [7, 11) is 0. The van der Waals surface area contributed by atoms with E-state index in [1.807, 2.05) is 0 Å². The van der Waals surface area contributed by atoms with Crippen LogP contribution in [-0.4, -0.2) is 21.8 Å². The Hall–Kier alpha value is -1.84. The minimum Gasteiger partial charge on any atom is -0.507 e. The zero-order valence-electron chi connectivity index (χ0n) is 9.28. The normalized spacial score (nSPS) is 10.1. The van der Waals surface area contributed by atoms with Gasteiger partial charge in [0.1, 0.15) is 11.5 Å². The minimum atomic E-state index is -0.294. The van der Waals surface area contributed by atoms with Crippen LogP contribution in [0.15, 0.2) is 12.1 Å². The van der Waals surface area contributed by atoms with Gasteiger partial charge in [-0.2, -0.15) is 0 Å². The van der Waals surface area contributed by atoms with Gasteiger partial charge in [0.05, 0.1) is 11.1 Å². The van der Waals surface area contributed by atoms with Crippen LogP contribution in [0.4, 0.5) is 0 Å². The summed E-state index contributed by atoms with van der Waals surface area (Å²) in [5.41, 5.74) is 0.161. The van der Waals surface area contributed by atoms with Crippen LogP contribution in [0.3, 0.4) is 0 Å². The fraction of sp³-hybridized carbons (Fsp3) is 0.333. The van der Waals surface area contributed by atoms with Gasteiger partial charge in [-0.15, -0.1) is 0 Å². The maximum atomic E-state index is 11.5. The summed E-state index contributed by atoms with van der Waals surface area (Å²) >= 11 is 0. The first-order valence-corrected chi connectivity index (χ1v) is 5.13. The molecule has 0 saturated heterocycles. The average Bonchev–Trinajstić information content (AvgIpc) is 2.27. The highest BCUT2D eigenvalue weighted by Gasteiger charge is 2.17. The summed E-state index contributed by atoms with van der Waals surface area (Å²) in [4.78, 5) is 22.9. The number of carbonyl (C=O) groups is 2. The first-order chi connectivity index (χ1) is 7.51. The van der Waals surface area contributed by atoms with E-state index in [1.165, 1.54) is 6.07 Å². The van der Waals surface area contributed by atoms with Crippen molar-refractivity contribution in [2.24, 2.45) is 0 Å². The van der Waals surface area contributed by atoms with Crippen molar-refractivity contribution < 1.29 is 19.8 Å². The molecule has 86 valence electrons. The maximum absolute atomic E-state index is 11.5. The van der Waals surface area contributed by atoms with Gasteiger partial charge in [-0.05, 0) is 6.07 Å². The molecule has 0 aliphatic heterocycles. The van der Waals surface area contributed by atoms with Crippen molar-refractivity contribution in [1.29, 1.82) is 0 Å². The van der Waals surface area contributed by atoms with Crippen LogP contribution in [0.5, 0.6) is 11.5 Å². The lowest BCUT2D eigenvalue weighted by Gasteiger charge is -2.07. The summed E-state index contributed by atoms with van der Waals surface area (Å²) in [6, 6.07) is 2.29. The molecule has 0 aliphatic carbocycles. The van der Waals surface area contributed by atoms with E-state index >= 15 is 0 Å². The Morgan fingerprint density at radius 3 is 1.62 bits per heavy atom. The van der Waals surface area contributed by atoms with Gasteiger partial charge in [0.15, 0.2) is 11.6 Å². The molecule has 0 amide bonds. The second kappa shape index (κ2) is 4.79. The van der Waals surface area contributed by atoms with Crippen LogP contribution in [-0.2, 0) is 0 Å². The summed E-state index contributed by atoms with van der Waals surface area (Å²) in [6.07, 6.45) is 0.468. The third-order valence-electron chi connectivity index (χ3n) is 2.36. The number of benzene rings is 1. The first kappa shape index (κ1) is 12.2. The standard InChI is InChI=1S/C12H14O4/c1-3-9(13)7-5-8(10(14)4-2)12(16)6-11(7)15/h5-6,15-16H,3-4H2,1-2H3. The minimum absolute atomic E-state index is 0.0806. The molecule has 0 heterocycles. The first-order valence-electron chi connectivity index (χ1n) is 5.13. The molecule has 0 fully saturated rings. The van der Waals surface area contributed by atoms with Crippen LogP contribution in [0.25, 0.3) is 0 Å². The zero-order chi connectivity index (χ0) is 12.3. The van der Waals surface area contributed by atoms with Crippen molar-refractivity contribution >= 4 is 11.6 Å². The van der Waals surface area contributed by atoms with Gasteiger partial charge >= 0.3 is 0 Å². The molecule has 1 aromatic carbocycles. The lowest BCUT2D eigenvalue weighted by atomic mass is 10.00. The fourth-order valence-corrected chi connectivity index (χ4v) is 1.40. The number of carbonyl (C=O) groups excluding carboxylic acids is 2. The van der Waals surface area contributed by atoms with Crippen LogP contribution < -0.4 is 0 Å². The summed E-state index contributed by atoms with van der Waals surface area (Å²) < 4.78 is 0. The predicted molar refractivity (Wildman–Crippen MR) is 59.0 cm³/mol. The number of phenolic OH excluding ortho intramolecular Hbond substituents is 2. The molecule has 0 spiro atoms. The number of hydrogen-bond donors (Lipinski definition) is 2. The van der Waals surface area contributed by atoms with Crippen LogP contribution in [0, 0.1) is 0 Å². The molecule has 2 N–H and O–H groups in total. The van der Waals surface area contributed by atoms with Crippen molar-refractivity contribution in [2.75, 3.05) is 0 Å². The smallest absolute Gasteiger partial charge is 0.166 e. The van der Waals surface area contributed by atoms with Gasteiger partial charge in [0.2, 0.25) is 0 Å². The number of aromatic hydroxyl groups is 2. The Labute approximate surface area is 93.5 Å². The second-order valence-corrected chi connectivity index (χ2v) is 3.44. The summed E-state index contributed by atoms with van der Waals surface area (Å²) in [5.74, 6) is -1.11. The number of phenols is 2. The Balaban J connectivity index is 3.32. The van der Waals surface area contributed by atoms with Crippen molar-refractivity contribution in [3.05, 3.63) is 23.3 Å². The highest BCUT2D eigenvalue weighted by atomic mass is 16.3. The fourth-order valence-electron chi connectivity index (χ4n) is 1.40. The van der Waals surface area contributed by atoms with Gasteiger partial charge in [-0.1, -0.05) is 13.8 Å². The molecule has 4 heteroatoms. The molecule has 4 nitrogen and oxygen atoms in total. The van der Waals surface area contributed by atoms with Crippen molar-refractivity contribution in [1.82, 2.24) is 0 Å². The number of ketones is 2. The number of hydrogen-bond acceptors (Lipinski definition) is 4. The number of Topliss-reactive ketones (excluding diaryl/α,β-unsaturated/α-hetero) is 2. The van der Waals surface area contributed by atoms with Crippen molar-refractivity contribution in [3.8, 4) is 11.5 Å². The maximum Gasteiger partial charge on any atom is 0.166 e. The molecule has 0 unspecified atom stereocenters. The second-order valence-electron chi connectivity index (χ2n) is 3.44. The highest BCUT2D eigenvalue weighted by Crippen LogP contribution is 2.29. The van der Waals surface area contributed by atoms with Gasteiger partial charge in [-0.25, -0.2) is 0 Å². The molecule has 0 bridgehead atoms.